The molecule has 0 bridgehead atoms. The molecular formula is C15H16N2O4. The smallest absolute Gasteiger partial charge is 0.296 e. The first-order valence-electron chi connectivity index (χ1n) is 6.53. The maximum absolute atomic E-state index is 11.1. The van der Waals surface area contributed by atoms with Crippen molar-refractivity contribution >= 4 is 11.4 Å². The highest BCUT2D eigenvalue weighted by Gasteiger charge is 2.15. The van der Waals surface area contributed by atoms with E-state index in [0.29, 0.717) is 24.6 Å². The number of hydrogen-bond donors (Lipinski definition) is 2. The van der Waals surface area contributed by atoms with Gasteiger partial charge >= 0.3 is 0 Å². The molecule has 2 rings (SSSR count). The lowest BCUT2D eigenvalue weighted by Crippen LogP contribution is -2.03. The Morgan fingerprint density at radius 1 is 1.29 bits per heavy atom. The number of anilines is 1. The second kappa shape index (κ2) is 6.60. The highest BCUT2D eigenvalue weighted by Crippen LogP contribution is 2.29. The zero-order chi connectivity index (χ0) is 15.2. The van der Waals surface area contributed by atoms with Gasteiger partial charge in [0.1, 0.15) is 17.2 Å². The Hall–Kier alpha value is -2.76. The fraction of sp³-hybridized carbons (Fsp3) is 0.200. The Morgan fingerprint density at radius 2 is 2.10 bits per heavy atom. The summed E-state index contributed by atoms with van der Waals surface area (Å²) in [5, 5.41) is 23.5. The molecule has 110 valence electrons. The molecule has 2 aromatic carbocycles. The molecule has 0 fully saturated rings. The maximum Gasteiger partial charge on any atom is 0.296 e. The molecule has 0 aliphatic heterocycles. The second-order valence-electron chi connectivity index (χ2n) is 4.39. The molecule has 6 heteroatoms. The van der Waals surface area contributed by atoms with Gasteiger partial charge in [0.15, 0.2) is 0 Å². The first kappa shape index (κ1) is 14.6. The van der Waals surface area contributed by atoms with E-state index in [1.54, 1.807) is 30.3 Å². The first-order chi connectivity index (χ1) is 10.1. The SMILES string of the molecule is CCOc1ccc(NCc2cccc(O)c2)c([N+](=O)[O-])c1. The normalized spacial score (nSPS) is 10.1. The molecule has 0 aliphatic carbocycles. The number of nitro benzene ring substituents is 1. The van der Waals surface area contributed by atoms with E-state index in [1.807, 2.05) is 13.0 Å². The second-order valence-corrected chi connectivity index (χ2v) is 4.39. The van der Waals surface area contributed by atoms with Crippen molar-refractivity contribution in [3.8, 4) is 11.5 Å². The van der Waals surface area contributed by atoms with Gasteiger partial charge in [0.25, 0.3) is 5.69 Å². The van der Waals surface area contributed by atoms with Crippen molar-refractivity contribution in [2.24, 2.45) is 0 Å². The Morgan fingerprint density at radius 3 is 2.76 bits per heavy atom. The third-order valence-corrected chi connectivity index (χ3v) is 2.87. The predicted molar refractivity (Wildman–Crippen MR) is 79.7 cm³/mol. The Labute approximate surface area is 122 Å². The molecular weight excluding hydrogens is 272 g/mol. The molecule has 0 aliphatic rings. The number of nitrogens with zero attached hydrogens (tertiary/aromatic N) is 1. The topological polar surface area (TPSA) is 84.6 Å². The molecule has 0 atom stereocenters. The highest BCUT2D eigenvalue weighted by atomic mass is 16.6. The molecule has 0 radical (unpaired) electrons. The minimum Gasteiger partial charge on any atom is -0.508 e. The van der Waals surface area contributed by atoms with Gasteiger partial charge < -0.3 is 15.2 Å². The molecule has 0 saturated heterocycles. The van der Waals surface area contributed by atoms with Gasteiger partial charge in [-0.1, -0.05) is 12.1 Å². The van der Waals surface area contributed by atoms with E-state index in [9.17, 15) is 15.2 Å². The van der Waals surface area contributed by atoms with E-state index < -0.39 is 4.92 Å². The summed E-state index contributed by atoms with van der Waals surface area (Å²) in [5.41, 5.74) is 1.20. The van der Waals surface area contributed by atoms with Gasteiger partial charge in [-0.25, -0.2) is 0 Å². The zero-order valence-electron chi connectivity index (χ0n) is 11.6. The predicted octanol–water partition coefficient (Wildman–Crippen LogP) is 3.31. The van der Waals surface area contributed by atoms with Gasteiger partial charge in [0, 0.05) is 6.54 Å². The number of nitrogens with one attached hydrogen (secondary N) is 1. The van der Waals surface area contributed by atoms with Crippen LogP contribution in [-0.2, 0) is 6.54 Å². The first-order valence-corrected chi connectivity index (χ1v) is 6.53. The van der Waals surface area contributed by atoms with Crippen LogP contribution >= 0.6 is 0 Å². The van der Waals surface area contributed by atoms with Crippen LogP contribution in [0.3, 0.4) is 0 Å². The number of aromatic hydroxyl groups is 1. The molecule has 2 N–H and O–H groups in total. The maximum atomic E-state index is 11.1. The Kier molecular flexibility index (Phi) is 4.61. The molecule has 2 aromatic rings. The number of phenolic OH excluding ortho intramolecular Hbond substituents is 1. The van der Waals surface area contributed by atoms with Gasteiger partial charge in [-0.3, -0.25) is 10.1 Å². The van der Waals surface area contributed by atoms with Crippen molar-refractivity contribution in [2.45, 2.75) is 13.5 Å². The third-order valence-electron chi connectivity index (χ3n) is 2.87. The largest absolute Gasteiger partial charge is 0.508 e. The summed E-state index contributed by atoms with van der Waals surface area (Å²) in [7, 11) is 0. The fourth-order valence-electron chi connectivity index (χ4n) is 1.93. The summed E-state index contributed by atoms with van der Waals surface area (Å²) in [5.74, 6) is 0.627. The van der Waals surface area contributed by atoms with Crippen LogP contribution < -0.4 is 10.1 Å². The van der Waals surface area contributed by atoms with Crippen LogP contribution in [0.1, 0.15) is 12.5 Å². The summed E-state index contributed by atoms with van der Waals surface area (Å²) in [6.07, 6.45) is 0. The summed E-state index contributed by atoms with van der Waals surface area (Å²) in [6.45, 7) is 2.65. The number of hydrogen-bond acceptors (Lipinski definition) is 5. The number of phenols is 1. The van der Waals surface area contributed by atoms with E-state index in [-0.39, 0.29) is 11.4 Å². The lowest BCUT2D eigenvalue weighted by molar-refractivity contribution is -0.384. The van der Waals surface area contributed by atoms with E-state index in [1.165, 1.54) is 6.07 Å². The van der Waals surface area contributed by atoms with Crippen molar-refractivity contribution in [3.63, 3.8) is 0 Å². The number of nitro groups is 1. The molecule has 0 unspecified atom stereocenters. The summed E-state index contributed by atoms with van der Waals surface area (Å²) in [4.78, 5) is 10.7. The van der Waals surface area contributed by atoms with Crippen LogP contribution in [0.25, 0.3) is 0 Å². The van der Waals surface area contributed by atoms with Crippen LogP contribution in [0, 0.1) is 10.1 Å². The van der Waals surface area contributed by atoms with Crippen LogP contribution in [0.15, 0.2) is 42.5 Å². The highest BCUT2D eigenvalue weighted by molar-refractivity contribution is 5.64. The molecule has 0 spiro atoms. The summed E-state index contributed by atoms with van der Waals surface area (Å²) < 4.78 is 5.26. The zero-order valence-corrected chi connectivity index (χ0v) is 11.6. The lowest BCUT2D eigenvalue weighted by Gasteiger charge is -2.09. The number of ether oxygens (including phenoxy) is 1. The summed E-state index contributed by atoms with van der Waals surface area (Å²) in [6, 6.07) is 11.4. The monoisotopic (exact) mass is 288 g/mol. The molecule has 21 heavy (non-hydrogen) atoms. The van der Waals surface area contributed by atoms with Crippen LogP contribution in [0.5, 0.6) is 11.5 Å². The van der Waals surface area contributed by atoms with Crippen molar-refractivity contribution in [1.29, 1.82) is 0 Å². The fourth-order valence-corrected chi connectivity index (χ4v) is 1.93. The summed E-state index contributed by atoms with van der Waals surface area (Å²) >= 11 is 0. The standard InChI is InChI=1S/C15H16N2O4/c1-2-21-13-6-7-14(15(9-13)17(19)20)16-10-11-4-3-5-12(18)8-11/h3-9,16,18H,2,10H2,1H3. The van der Waals surface area contributed by atoms with Gasteiger partial charge in [-0.05, 0) is 36.8 Å². The van der Waals surface area contributed by atoms with E-state index >= 15 is 0 Å². The molecule has 0 amide bonds. The molecule has 0 heterocycles. The average Bonchev–Trinajstić information content (AvgIpc) is 2.46. The van der Waals surface area contributed by atoms with Crippen LogP contribution in [0.4, 0.5) is 11.4 Å². The number of rotatable bonds is 6. The van der Waals surface area contributed by atoms with Crippen LogP contribution in [-0.4, -0.2) is 16.6 Å². The van der Waals surface area contributed by atoms with Crippen molar-refractivity contribution in [3.05, 3.63) is 58.1 Å². The van der Waals surface area contributed by atoms with Gasteiger partial charge in [-0.2, -0.15) is 0 Å². The minimum atomic E-state index is -0.451. The number of benzene rings is 2. The third kappa shape index (κ3) is 3.85. The Bertz CT molecular complexity index is 643. The van der Waals surface area contributed by atoms with E-state index in [4.69, 9.17) is 4.74 Å². The van der Waals surface area contributed by atoms with Gasteiger partial charge in [0.05, 0.1) is 17.6 Å². The van der Waals surface area contributed by atoms with Crippen LogP contribution in [0.2, 0.25) is 0 Å². The lowest BCUT2D eigenvalue weighted by atomic mass is 10.2. The van der Waals surface area contributed by atoms with Crippen molar-refractivity contribution in [2.75, 3.05) is 11.9 Å². The van der Waals surface area contributed by atoms with Gasteiger partial charge in [-0.15, -0.1) is 0 Å². The van der Waals surface area contributed by atoms with E-state index in [2.05, 4.69) is 5.32 Å². The Balaban J connectivity index is 2.17. The molecule has 0 saturated carbocycles. The van der Waals surface area contributed by atoms with Crippen molar-refractivity contribution in [1.82, 2.24) is 0 Å². The quantitative estimate of drug-likeness (QED) is 0.629. The minimum absolute atomic E-state index is 0.0406. The molecule has 0 aromatic heterocycles. The van der Waals surface area contributed by atoms with E-state index in [0.717, 1.165) is 5.56 Å². The molecule has 6 nitrogen and oxygen atoms in total. The van der Waals surface area contributed by atoms with Crippen molar-refractivity contribution < 1.29 is 14.8 Å². The van der Waals surface area contributed by atoms with Gasteiger partial charge in [0.2, 0.25) is 0 Å². The average molecular weight is 288 g/mol.